The van der Waals surface area contributed by atoms with Gasteiger partial charge in [0, 0.05) is 0 Å². The van der Waals surface area contributed by atoms with Crippen molar-refractivity contribution in [2.24, 2.45) is 0 Å². The summed E-state index contributed by atoms with van der Waals surface area (Å²) < 4.78 is 12.5. The molecule has 5 rings (SSSR count). The van der Waals surface area contributed by atoms with Crippen LogP contribution < -0.4 is 0 Å². The SMILES string of the molecule is Oc1c(C(c2ccco2)N2CCCC2)sc2nc(-c3ccco3)nn12. The highest BCUT2D eigenvalue weighted by Crippen LogP contribution is 2.41. The summed E-state index contributed by atoms with van der Waals surface area (Å²) in [5, 5.41) is 15.2. The van der Waals surface area contributed by atoms with Gasteiger partial charge in [0.2, 0.25) is 16.7 Å². The molecule has 25 heavy (non-hydrogen) atoms. The summed E-state index contributed by atoms with van der Waals surface area (Å²) in [5.74, 6) is 1.99. The minimum Gasteiger partial charge on any atom is -0.492 e. The number of likely N-dealkylation sites (tertiary alicyclic amines) is 1. The molecule has 0 spiro atoms. The third-order valence-corrected chi connectivity index (χ3v) is 5.58. The molecular formula is C17H16N4O3S. The highest BCUT2D eigenvalue weighted by molar-refractivity contribution is 7.17. The van der Waals surface area contributed by atoms with Crippen LogP contribution in [-0.2, 0) is 0 Å². The van der Waals surface area contributed by atoms with Gasteiger partial charge in [-0.2, -0.15) is 9.50 Å². The number of aromatic hydroxyl groups is 1. The predicted octanol–water partition coefficient (Wildman–Crippen LogP) is 3.53. The van der Waals surface area contributed by atoms with Crippen molar-refractivity contribution < 1.29 is 13.9 Å². The molecule has 1 aliphatic heterocycles. The normalized spacial score (nSPS) is 16.8. The lowest BCUT2D eigenvalue weighted by Gasteiger charge is -2.24. The molecule has 1 saturated heterocycles. The van der Waals surface area contributed by atoms with E-state index in [9.17, 15) is 5.11 Å². The number of fused-ring (bicyclic) bond motifs is 1. The number of hydrogen-bond donors (Lipinski definition) is 1. The minimum atomic E-state index is -0.113. The molecule has 0 aromatic carbocycles. The van der Waals surface area contributed by atoms with E-state index in [0.29, 0.717) is 16.5 Å². The van der Waals surface area contributed by atoms with Gasteiger partial charge in [-0.1, -0.05) is 11.3 Å². The van der Waals surface area contributed by atoms with Gasteiger partial charge in [0.1, 0.15) is 11.8 Å². The average Bonchev–Trinajstić information content (AvgIpc) is 3.42. The predicted molar refractivity (Wildman–Crippen MR) is 91.6 cm³/mol. The van der Waals surface area contributed by atoms with E-state index in [-0.39, 0.29) is 11.9 Å². The number of furan rings is 2. The van der Waals surface area contributed by atoms with Crippen molar-refractivity contribution in [2.45, 2.75) is 18.9 Å². The van der Waals surface area contributed by atoms with Crippen LogP contribution in [0.3, 0.4) is 0 Å². The van der Waals surface area contributed by atoms with E-state index in [1.54, 1.807) is 24.7 Å². The van der Waals surface area contributed by atoms with E-state index >= 15 is 0 Å². The maximum Gasteiger partial charge on any atom is 0.230 e. The summed E-state index contributed by atoms with van der Waals surface area (Å²) >= 11 is 1.43. The molecule has 1 aliphatic rings. The first-order valence-electron chi connectivity index (χ1n) is 8.21. The summed E-state index contributed by atoms with van der Waals surface area (Å²) in [5.41, 5.74) is 0. The van der Waals surface area contributed by atoms with Crippen molar-refractivity contribution >= 4 is 16.3 Å². The summed E-state index contributed by atoms with van der Waals surface area (Å²) in [6.07, 6.45) is 5.56. The average molecular weight is 356 g/mol. The summed E-state index contributed by atoms with van der Waals surface area (Å²) in [4.78, 5) is 8.26. The Kier molecular flexibility index (Phi) is 3.39. The first-order valence-corrected chi connectivity index (χ1v) is 9.02. The fraction of sp³-hybridized carbons (Fsp3) is 0.294. The first-order chi connectivity index (χ1) is 12.3. The van der Waals surface area contributed by atoms with Crippen molar-refractivity contribution in [2.75, 3.05) is 13.1 Å². The largest absolute Gasteiger partial charge is 0.492 e. The third kappa shape index (κ3) is 2.37. The lowest BCUT2D eigenvalue weighted by molar-refractivity contribution is 0.246. The zero-order valence-electron chi connectivity index (χ0n) is 13.3. The van der Waals surface area contributed by atoms with Crippen LogP contribution in [0.1, 0.15) is 29.5 Å². The van der Waals surface area contributed by atoms with Crippen molar-refractivity contribution in [3.05, 3.63) is 47.4 Å². The Balaban J connectivity index is 1.60. The van der Waals surface area contributed by atoms with Crippen LogP contribution in [0.4, 0.5) is 0 Å². The van der Waals surface area contributed by atoms with E-state index in [1.807, 2.05) is 12.1 Å². The van der Waals surface area contributed by atoms with Crippen LogP contribution in [0.15, 0.2) is 45.6 Å². The van der Waals surface area contributed by atoms with Gasteiger partial charge in [-0.25, -0.2) is 0 Å². The Labute approximate surface area is 147 Å². The van der Waals surface area contributed by atoms with E-state index < -0.39 is 0 Å². The molecule has 1 N–H and O–H groups in total. The topological polar surface area (TPSA) is 79.9 Å². The second kappa shape index (κ2) is 5.75. The van der Waals surface area contributed by atoms with Gasteiger partial charge in [0.15, 0.2) is 5.76 Å². The maximum atomic E-state index is 10.8. The molecule has 0 aliphatic carbocycles. The van der Waals surface area contributed by atoms with Crippen LogP contribution in [0.25, 0.3) is 16.5 Å². The summed E-state index contributed by atoms with van der Waals surface area (Å²) in [6, 6.07) is 7.30. The quantitative estimate of drug-likeness (QED) is 0.602. The van der Waals surface area contributed by atoms with Crippen molar-refractivity contribution in [1.82, 2.24) is 19.5 Å². The molecular weight excluding hydrogens is 340 g/mol. The molecule has 128 valence electrons. The molecule has 4 aromatic heterocycles. The van der Waals surface area contributed by atoms with Gasteiger partial charge in [-0.3, -0.25) is 4.90 Å². The molecule has 5 heterocycles. The number of aromatic nitrogens is 3. The standard InChI is InChI=1S/C17H16N4O3S/c22-16-14(13(11-5-3-9-23-11)20-7-1-2-8-20)25-17-18-15(19-21(16)17)12-6-4-10-24-12/h3-6,9-10,13,22H,1-2,7-8H2. The fourth-order valence-electron chi connectivity index (χ4n) is 3.36. The Bertz CT molecular complexity index is 981. The molecule has 1 atom stereocenters. The van der Waals surface area contributed by atoms with Crippen LogP contribution in [0.2, 0.25) is 0 Å². The minimum absolute atomic E-state index is 0.110. The van der Waals surface area contributed by atoms with Crippen LogP contribution >= 0.6 is 11.3 Å². The molecule has 8 heteroatoms. The first kappa shape index (κ1) is 14.7. The van der Waals surface area contributed by atoms with Gasteiger partial charge >= 0.3 is 0 Å². The van der Waals surface area contributed by atoms with Crippen LogP contribution in [0.5, 0.6) is 5.88 Å². The summed E-state index contributed by atoms with van der Waals surface area (Å²) in [6.45, 7) is 1.96. The van der Waals surface area contributed by atoms with Gasteiger partial charge in [-0.15, -0.1) is 5.10 Å². The monoisotopic (exact) mass is 356 g/mol. The molecule has 1 unspecified atom stereocenters. The smallest absolute Gasteiger partial charge is 0.230 e. The Morgan fingerprint density at radius 2 is 1.92 bits per heavy atom. The second-order valence-electron chi connectivity index (χ2n) is 6.06. The van der Waals surface area contributed by atoms with Crippen LogP contribution in [-0.4, -0.2) is 37.7 Å². The third-order valence-electron chi connectivity index (χ3n) is 4.51. The molecule has 4 aromatic rings. The van der Waals surface area contributed by atoms with Gasteiger partial charge in [0.25, 0.3) is 0 Å². The molecule has 1 fully saturated rings. The summed E-state index contributed by atoms with van der Waals surface area (Å²) in [7, 11) is 0. The molecule has 7 nitrogen and oxygen atoms in total. The van der Waals surface area contributed by atoms with E-state index in [1.165, 1.54) is 15.9 Å². The number of nitrogens with zero attached hydrogens (tertiary/aromatic N) is 4. The molecule has 0 amide bonds. The number of rotatable bonds is 4. The molecule has 0 saturated carbocycles. The highest BCUT2D eigenvalue weighted by Gasteiger charge is 2.33. The highest BCUT2D eigenvalue weighted by atomic mass is 32.1. The fourth-order valence-corrected chi connectivity index (χ4v) is 4.46. The van der Waals surface area contributed by atoms with Crippen LogP contribution in [0, 0.1) is 0 Å². The van der Waals surface area contributed by atoms with E-state index in [0.717, 1.165) is 36.6 Å². The van der Waals surface area contributed by atoms with Crippen molar-refractivity contribution in [1.29, 1.82) is 0 Å². The molecule has 0 bridgehead atoms. The lowest BCUT2D eigenvalue weighted by Crippen LogP contribution is -2.25. The lowest BCUT2D eigenvalue weighted by atomic mass is 10.1. The number of hydrogen-bond acceptors (Lipinski definition) is 7. The molecule has 0 radical (unpaired) electrons. The van der Waals surface area contributed by atoms with Gasteiger partial charge in [-0.05, 0) is 50.2 Å². The Morgan fingerprint density at radius 3 is 2.60 bits per heavy atom. The Hall–Kier alpha value is -2.58. The van der Waals surface area contributed by atoms with Crippen molar-refractivity contribution in [3.63, 3.8) is 0 Å². The van der Waals surface area contributed by atoms with Crippen molar-refractivity contribution in [3.8, 4) is 17.5 Å². The Morgan fingerprint density at radius 1 is 1.12 bits per heavy atom. The number of thiazole rings is 1. The van der Waals surface area contributed by atoms with Gasteiger partial charge < -0.3 is 13.9 Å². The van der Waals surface area contributed by atoms with E-state index in [4.69, 9.17) is 8.83 Å². The second-order valence-corrected chi connectivity index (χ2v) is 7.07. The zero-order valence-corrected chi connectivity index (χ0v) is 14.1. The van der Waals surface area contributed by atoms with E-state index in [2.05, 4.69) is 15.0 Å². The maximum absolute atomic E-state index is 10.8. The van der Waals surface area contributed by atoms with Gasteiger partial charge in [0.05, 0.1) is 17.4 Å². The zero-order chi connectivity index (χ0) is 16.8.